The molecule has 1 aliphatic rings. The third-order valence-corrected chi connectivity index (χ3v) is 8.07. The van der Waals surface area contributed by atoms with Crippen molar-refractivity contribution in [1.29, 1.82) is 0 Å². The number of nitrogens with zero attached hydrogens (tertiary/aromatic N) is 1. The first-order valence-corrected chi connectivity index (χ1v) is 15.9. The topological polar surface area (TPSA) is 44.4 Å². The van der Waals surface area contributed by atoms with Gasteiger partial charge in [-0.05, 0) is 80.9 Å². The highest BCUT2D eigenvalue weighted by molar-refractivity contribution is 7.97. The first kappa shape index (κ1) is 35.6. The third-order valence-electron chi connectivity index (χ3n) is 7.18. The maximum Gasteiger partial charge on any atom is 0.416 e. The van der Waals surface area contributed by atoms with Crippen LogP contribution in [0.5, 0.6) is 0 Å². The predicted molar refractivity (Wildman–Crippen MR) is 170 cm³/mol. The van der Waals surface area contributed by atoms with Gasteiger partial charge >= 0.3 is 6.18 Å². The van der Waals surface area contributed by atoms with Gasteiger partial charge in [0.1, 0.15) is 0 Å². The maximum absolute atomic E-state index is 13.1. The number of alkyl halides is 3. The van der Waals surface area contributed by atoms with E-state index in [9.17, 15) is 18.0 Å². The van der Waals surface area contributed by atoms with E-state index in [-0.39, 0.29) is 24.4 Å². The lowest BCUT2D eigenvalue weighted by atomic mass is 9.98. The van der Waals surface area contributed by atoms with Gasteiger partial charge in [0.2, 0.25) is 5.91 Å². The second kappa shape index (κ2) is 18.9. The number of hydrogen-bond acceptors (Lipinski definition) is 4. The standard InChI is InChI=1S/C32H42F3N3OS.C2H6/c1-4-6-10-18-38(3)23-24(5-2)19-25-16-17-28(20-25)36-31(39)22-30(26-12-8-7-9-13-26)37-40-29-15-11-14-27(21-29)32(33,34)35;1-2/h5,7-9,11-15,20-21,24,28,30,37H,2,4,6,10,16-19,22-23H2,1,3H3,(H,36,39);1-2H3/t24?,28-,30-;/m1./s1. The Hall–Kier alpha value is -2.55. The van der Waals surface area contributed by atoms with E-state index in [4.69, 9.17) is 0 Å². The second-order valence-electron chi connectivity index (χ2n) is 10.6. The van der Waals surface area contributed by atoms with Crippen molar-refractivity contribution >= 4 is 17.9 Å². The summed E-state index contributed by atoms with van der Waals surface area (Å²) in [5.74, 6) is 0.288. The molecular formula is C34H48F3N3OS. The molecule has 42 heavy (non-hydrogen) atoms. The highest BCUT2D eigenvalue weighted by Crippen LogP contribution is 2.32. The van der Waals surface area contributed by atoms with Crippen LogP contribution in [0.2, 0.25) is 0 Å². The maximum atomic E-state index is 13.1. The average Bonchev–Trinajstić information content (AvgIpc) is 3.42. The summed E-state index contributed by atoms with van der Waals surface area (Å²) in [6.07, 6.45) is 6.47. The van der Waals surface area contributed by atoms with Crippen molar-refractivity contribution in [3.05, 3.63) is 90.0 Å². The van der Waals surface area contributed by atoms with Crippen molar-refractivity contribution in [2.75, 3.05) is 20.1 Å². The molecule has 0 spiro atoms. The SMILES string of the molecule is C=CC(CC1=C[C@H](NC(=O)C[C@@H](NSc2cccc(C(F)(F)F)c2)c2ccccc2)CC1)CN(C)CCCCC.CC. The van der Waals surface area contributed by atoms with Crippen molar-refractivity contribution in [2.24, 2.45) is 5.92 Å². The Morgan fingerprint density at radius 2 is 1.88 bits per heavy atom. The van der Waals surface area contributed by atoms with Crippen LogP contribution >= 0.6 is 11.9 Å². The number of allylic oxidation sites excluding steroid dienone is 1. The lowest BCUT2D eigenvalue weighted by molar-refractivity contribution is -0.137. The van der Waals surface area contributed by atoms with Crippen LogP contribution in [-0.2, 0) is 11.0 Å². The predicted octanol–water partition coefficient (Wildman–Crippen LogP) is 8.98. The third kappa shape index (κ3) is 12.8. The molecule has 0 aromatic heterocycles. The summed E-state index contributed by atoms with van der Waals surface area (Å²) in [6, 6.07) is 14.3. The van der Waals surface area contributed by atoms with E-state index in [2.05, 4.69) is 41.6 Å². The molecule has 2 aromatic carbocycles. The van der Waals surface area contributed by atoms with Crippen molar-refractivity contribution in [3.63, 3.8) is 0 Å². The molecule has 0 aliphatic heterocycles. The summed E-state index contributed by atoms with van der Waals surface area (Å²) in [6.45, 7) is 12.3. The zero-order chi connectivity index (χ0) is 31.0. The zero-order valence-corrected chi connectivity index (χ0v) is 26.4. The zero-order valence-electron chi connectivity index (χ0n) is 25.6. The summed E-state index contributed by atoms with van der Waals surface area (Å²) in [5, 5.41) is 3.15. The Kier molecular flexibility index (Phi) is 16.0. The fourth-order valence-electron chi connectivity index (χ4n) is 5.00. The molecule has 1 unspecified atom stereocenters. The number of hydrogen-bond donors (Lipinski definition) is 2. The van der Waals surface area contributed by atoms with Gasteiger partial charge in [-0.3, -0.25) is 9.52 Å². The van der Waals surface area contributed by atoms with E-state index in [0.29, 0.717) is 10.8 Å². The Bertz CT molecular complexity index is 1110. The van der Waals surface area contributed by atoms with Crippen LogP contribution in [0.1, 0.15) is 82.9 Å². The first-order chi connectivity index (χ1) is 20.2. The number of halogens is 3. The van der Waals surface area contributed by atoms with Gasteiger partial charge in [-0.1, -0.05) is 87.7 Å². The van der Waals surface area contributed by atoms with Crippen LogP contribution in [0.25, 0.3) is 0 Å². The van der Waals surface area contributed by atoms with E-state index in [1.807, 2.05) is 50.3 Å². The number of benzene rings is 2. The summed E-state index contributed by atoms with van der Waals surface area (Å²) in [5.41, 5.74) is 1.56. The molecule has 0 saturated heterocycles. The normalized spacial score (nSPS) is 16.3. The number of nitrogens with one attached hydrogen (secondary N) is 2. The van der Waals surface area contributed by atoms with Gasteiger partial charge in [-0.2, -0.15) is 13.2 Å². The van der Waals surface area contributed by atoms with Gasteiger partial charge in [0.15, 0.2) is 0 Å². The van der Waals surface area contributed by atoms with Crippen LogP contribution in [-0.4, -0.2) is 37.0 Å². The number of carbonyl (C=O) groups is 1. The lowest BCUT2D eigenvalue weighted by Gasteiger charge is -2.22. The summed E-state index contributed by atoms with van der Waals surface area (Å²) >= 11 is 1.10. The molecule has 0 bridgehead atoms. The van der Waals surface area contributed by atoms with Gasteiger partial charge < -0.3 is 10.2 Å². The monoisotopic (exact) mass is 603 g/mol. The van der Waals surface area contributed by atoms with Gasteiger partial charge in [-0.25, -0.2) is 0 Å². The molecule has 1 amide bonds. The second-order valence-corrected chi connectivity index (χ2v) is 11.5. The molecule has 2 aromatic rings. The molecule has 0 radical (unpaired) electrons. The molecule has 0 saturated carbocycles. The highest BCUT2D eigenvalue weighted by atomic mass is 32.2. The average molecular weight is 604 g/mol. The van der Waals surface area contributed by atoms with Crippen LogP contribution in [0, 0.1) is 5.92 Å². The van der Waals surface area contributed by atoms with Crippen molar-refractivity contribution in [1.82, 2.24) is 14.9 Å². The molecule has 4 nitrogen and oxygen atoms in total. The quantitative estimate of drug-likeness (QED) is 0.114. The fraction of sp³-hybridized carbons (Fsp3) is 0.500. The van der Waals surface area contributed by atoms with Crippen LogP contribution < -0.4 is 10.0 Å². The fourth-order valence-corrected chi connectivity index (χ4v) is 5.83. The summed E-state index contributed by atoms with van der Waals surface area (Å²) in [7, 11) is 2.17. The van der Waals surface area contributed by atoms with E-state index >= 15 is 0 Å². The largest absolute Gasteiger partial charge is 0.416 e. The van der Waals surface area contributed by atoms with E-state index < -0.39 is 11.7 Å². The van der Waals surface area contributed by atoms with E-state index in [0.717, 1.165) is 62.0 Å². The molecule has 0 fully saturated rings. The van der Waals surface area contributed by atoms with Crippen molar-refractivity contribution < 1.29 is 18.0 Å². The Balaban J connectivity index is 0.00000301. The van der Waals surface area contributed by atoms with Crippen LogP contribution in [0.3, 0.4) is 0 Å². The minimum Gasteiger partial charge on any atom is -0.350 e. The van der Waals surface area contributed by atoms with Gasteiger partial charge in [0.25, 0.3) is 0 Å². The highest BCUT2D eigenvalue weighted by Gasteiger charge is 2.30. The van der Waals surface area contributed by atoms with E-state index in [1.54, 1.807) is 6.07 Å². The molecule has 3 rings (SSSR count). The molecule has 2 N–H and O–H groups in total. The van der Waals surface area contributed by atoms with Crippen molar-refractivity contribution in [2.45, 2.75) is 88.9 Å². The number of amides is 1. The Morgan fingerprint density at radius 3 is 2.55 bits per heavy atom. The molecule has 0 heterocycles. The minimum atomic E-state index is -4.40. The smallest absolute Gasteiger partial charge is 0.350 e. The molecule has 3 atom stereocenters. The molecule has 232 valence electrons. The number of rotatable bonds is 16. The number of carbonyl (C=O) groups excluding carboxylic acids is 1. The number of unbranched alkanes of at least 4 members (excludes halogenated alkanes) is 2. The lowest BCUT2D eigenvalue weighted by Crippen LogP contribution is -2.34. The van der Waals surface area contributed by atoms with Crippen molar-refractivity contribution in [3.8, 4) is 0 Å². The molecular weight excluding hydrogens is 555 g/mol. The van der Waals surface area contributed by atoms with Gasteiger partial charge in [-0.15, -0.1) is 6.58 Å². The summed E-state index contributed by atoms with van der Waals surface area (Å²) in [4.78, 5) is 15.9. The summed E-state index contributed by atoms with van der Waals surface area (Å²) < 4.78 is 42.6. The molecule has 8 heteroatoms. The Morgan fingerprint density at radius 1 is 1.14 bits per heavy atom. The molecule has 1 aliphatic carbocycles. The minimum absolute atomic E-state index is 0.0113. The van der Waals surface area contributed by atoms with Crippen LogP contribution in [0.15, 0.2) is 83.8 Å². The van der Waals surface area contributed by atoms with Gasteiger partial charge in [0.05, 0.1) is 11.6 Å². The first-order valence-electron chi connectivity index (χ1n) is 15.1. The van der Waals surface area contributed by atoms with Crippen LogP contribution in [0.4, 0.5) is 13.2 Å². The van der Waals surface area contributed by atoms with E-state index in [1.165, 1.54) is 30.9 Å². The van der Waals surface area contributed by atoms with Gasteiger partial charge in [0, 0.05) is 23.9 Å². The Labute approximate surface area is 255 Å².